The summed E-state index contributed by atoms with van der Waals surface area (Å²) in [6, 6.07) is 1.66. The topological polar surface area (TPSA) is 36.1 Å². The van der Waals surface area contributed by atoms with Gasteiger partial charge < -0.3 is 9.88 Å². The Balaban J connectivity index is 2.23. The van der Waals surface area contributed by atoms with Crippen molar-refractivity contribution >= 4 is 21.7 Å². The lowest BCUT2D eigenvalue weighted by molar-refractivity contribution is 0.573. The summed E-state index contributed by atoms with van der Waals surface area (Å²) in [6.45, 7) is 2.11. The highest BCUT2D eigenvalue weighted by Crippen LogP contribution is 2.16. The van der Waals surface area contributed by atoms with Gasteiger partial charge in [-0.05, 0) is 35.2 Å². The molecular weight excluding hydrogens is 244 g/mol. The first-order chi connectivity index (χ1) is 6.77. The van der Waals surface area contributed by atoms with Gasteiger partial charge in [-0.2, -0.15) is 0 Å². The van der Waals surface area contributed by atoms with E-state index in [1.54, 1.807) is 12.3 Å². The summed E-state index contributed by atoms with van der Waals surface area (Å²) in [7, 11) is 0. The fourth-order valence-electron chi connectivity index (χ4n) is 1.76. The zero-order valence-electron chi connectivity index (χ0n) is 7.92. The third kappa shape index (κ3) is 2.00. The van der Waals surface area contributed by atoms with Crippen molar-refractivity contribution in [2.24, 2.45) is 0 Å². The van der Waals surface area contributed by atoms with Crippen LogP contribution in [0.3, 0.4) is 0 Å². The summed E-state index contributed by atoms with van der Waals surface area (Å²) in [5.41, 5.74) is 0.0457. The Bertz CT molecular complexity index is 369. The number of rotatable bonds is 1. The normalized spacial score (nSPS) is 17.1. The third-order valence-corrected chi connectivity index (χ3v) is 3.17. The minimum Gasteiger partial charge on any atom is -0.358 e. The molecule has 0 aliphatic carbocycles. The van der Waals surface area contributed by atoms with Crippen LogP contribution in [-0.4, -0.2) is 18.1 Å². The number of aromatic amines is 1. The lowest BCUT2D eigenvalue weighted by Crippen LogP contribution is -2.30. The van der Waals surface area contributed by atoms with Gasteiger partial charge in [0.1, 0.15) is 5.82 Å². The van der Waals surface area contributed by atoms with Crippen LogP contribution in [-0.2, 0) is 0 Å². The average molecular weight is 257 g/mol. The highest BCUT2D eigenvalue weighted by molar-refractivity contribution is 9.10. The van der Waals surface area contributed by atoms with Gasteiger partial charge in [0, 0.05) is 25.4 Å². The standard InChI is InChI=1S/C10H13BrN2O/c11-8-7-12-10(6-9(8)14)13-4-2-1-3-5-13/h6-7H,1-5H2,(H,12,14). The third-order valence-electron chi connectivity index (χ3n) is 2.55. The van der Waals surface area contributed by atoms with E-state index >= 15 is 0 Å². The molecular formula is C10H13BrN2O. The predicted octanol–water partition coefficient (Wildman–Crippen LogP) is 2.13. The first kappa shape index (κ1) is 9.77. The molecule has 0 aromatic carbocycles. The Hall–Kier alpha value is -0.770. The van der Waals surface area contributed by atoms with Gasteiger partial charge in [-0.3, -0.25) is 4.79 Å². The van der Waals surface area contributed by atoms with Crippen LogP contribution >= 0.6 is 15.9 Å². The number of hydrogen-bond donors (Lipinski definition) is 1. The SMILES string of the molecule is O=c1cc(N2CCCCC2)[nH]cc1Br. The van der Waals surface area contributed by atoms with Gasteiger partial charge >= 0.3 is 0 Å². The summed E-state index contributed by atoms with van der Waals surface area (Å²) in [5, 5.41) is 0. The van der Waals surface area contributed by atoms with Gasteiger partial charge in [-0.1, -0.05) is 0 Å². The van der Waals surface area contributed by atoms with Gasteiger partial charge in [0.25, 0.3) is 0 Å². The van der Waals surface area contributed by atoms with Gasteiger partial charge in [0.15, 0.2) is 5.43 Å². The minimum atomic E-state index is 0.0457. The van der Waals surface area contributed by atoms with Crippen LogP contribution in [0.1, 0.15) is 19.3 Å². The molecule has 3 nitrogen and oxygen atoms in total. The lowest BCUT2D eigenvalue weighted by atomic mass is 10.1. The molecule has 1 saturated heterocycles. The summed E-state index contributed by atoms with van der Waals surface area (Å²) < 4.78 is 0.596. The minimum absolute atomic E-state index is 0.0457. The molecule has 0 atom stereocenters. The van der Waals surface area contributed by atoms with Crippen LogP contribution in [0.2, 0.25) is 0 Å². The molecule has 2 heterocycles. The Labute approximate surface area is 91.3 Å². The second-order valence-corrected chi connectivity index (χ2v) is 4.43. The summed E-state index contributed by atoms with van der Waals surface area (Å²) in [4.78, 5) is 16.7. The fourth-order valence-corrected chi connectivity index (χ4v) is 1.99. The number of halogens is 1. The molecule has 0 spiro atoms. The monoisotopic (exact) mass is 256 g/mol. The van der Waals surface area contributed by atoms with Crippen LogP contribution in [0.25, 0.3) is 0 Å². The van der Waals surface area contributed by atoms with Crippen molar-refractivity contribution in [1.82, 2.24) is 4.98 Å². The van der Waals surface area contributed by atoms with Gasteiger partial charge in [-0.15, -0.1) is 0 Å². The van der Waals surface area contributed by atoms with Crippen LogP contribution in [0.5, 0.6) is 0 Å². The van der Waals surface area contributed by atoms with E-state index < -0.39 is 0 Å². The molecule has 0 radical (unpaired) electrons. The zero-order chi connectivity index (χ0) is 9.97. The number of hydrogen-bond acceptors (Lipinski definition) is 2. The predicted molar refractivity (Wildman–Crippen MR) is 60.8 cm³/mol. The molecule has 76 valence electrons. The van der Waals surface area contributed by atoms with Crippen LogP contribution in [0, 0.1) is 0 Å². The van der Waals surface area contributed by atoms with Crippen LogP contribution in [0.15, 0.2) is 21.5 Å². The molecule has 1 aromatic rings. The number of piperidine rings is 1. The van der Waals surface area contributed by atoms with E-state index in [1.807, 2.05) is 0 Å². The molecule has 1 aliphatic rings. The largest absolute Gasteiger partial charge is 0.358 e. The van der Waals surface area contributed by atoms with Crippen molar-refractivity contribution in [3.8, 4) is 0 Å². The summed E-state index contributed by atoms with van der Waals surface area (Å²) in [5.74, 6) is 0.943. The van der Waals surface area contributed by atoms with Crippen molar-refractivity contribution in [2.75, 3.05) is 18.0 Å². The van der Waals surface area contributed by atoms with E-state index in [-0.39, 0.29) is 5.43 Å². The molecule has 0 amide bonds. The smallest absolute Gasteiger partial charge is 0.197 e. The molecule has 0 bridgehead atoms. The number of nitrogens with one attached hydrogen (secondary N) is 1. The van der Waals surface area contributed by atoms with Gasteiger partial charge in [0.2, 0.25) is 0 Å². The Morgan fingerprint density at radius 2 is 2.00 bits per heavy atom. The summed E-state index contributed by atoms with van der Waals surface area (Å²) in [6.07, 6.45) is 5.46. The van der Waals surface area contributed by atoms with E-state index in [1.165, 1.54) is 19.3 Å². The molecule has 0 unspecified atom stereocenters. The molecule has 14 heavy (non-hydrogen) atoms. The molecule has 1 aromatic heterocycles. The van der Waals surface area contributed by atoms with E-state index in [2.05, 4.69) is 25.8 Å². The van der Waals surface area contributed by atoms with Crippen molar-refractivity contribution in [1.29, 1.82) is 0 Å². The quantitative estimate of drug-likeness (QED) is 0.836. The highest BCUT2D eigenvalue weighted by Gasteiger charge is 2.11. The van der Waals surface area contributed by atoms with Crippen molar-refractivity contribution < 1.29 is 0 Å². The van der Waals surface area contributed by atoms with E-state index in [4.69, 9.17) is 0 Å². The Morgan fingerprint density at radius 3 is 2.64 bits per heavy atom. The number of anilines is 1. The number of pyridine rings is 1. The molecule has 1 aliphatic heterocycles. The van der Waals surface area contributed by atoms with Crippen molar-refractivity contribution in [3.05, 3.63) is 27.0 Å². The van der Waals surface area contributed by atoms with Gasteiger partial charge in [-0.25, -0.2) is 0 Å². The van der Waals surface area contributed by atoms with E-state index in [9.17, 15) is 4.79 Å². The van der Waals surface area contributed by atoms with Crippen molar-refractivity contribution in [2.45, 2.75) is 19.3 Å². The number of nitrogens with zero attached hydrogens (tertiary/aromatic N) is 1. The maximum Gasteiger partial charge on any atom is 0.197 e. The molecule has 1 N–H and O–H groups in total. The molecule has 1 fully saturated rings. The van der Waals surface area contributed by atoms with Gasteiger partial charge in [0.05, 0.1) is 4.47 Å². The lowest BCUT2D eigenvalue weighted by Gasteiger charge is -2.28. The van der Waals surface area contributed by atoms with Crippen molar-refractivity contribution in [3.63, 3.8) is 0 Å². The van der Waals surface area contributed by atoms with Crippen LogP contribution < -0.4 is 10.3 Å². The summed E-state index contributed by atoms with van der Waals surface area (Å²) >= 11 is 3.19. The van der Waals surface area contributed by atoms with E-state index in [0.29, 0.717) is 4.47 Å². The number of H-pyrrole nitrogens is 1. The Kier molecular flexibility index (Phi) is 2.91. The first-order valence-electron chi connectivity index (χ1n) is 4.90. The highest BCUT2D eigenvalue weighted by atomic mass is 79.9. The van der Waals surface area contributed by atoms with Crippen LogP contribution in [0.4, 0.5) is 5.82 Å². The average Bonchev–Trinajstić information content (AvgIpc) is 2.23. The fraction of sp³-hybridized carbons (Fsp3) is 0.500. The Morgan fingerprint density at radius 1 is 1.29 bits per heavy atom. The second kappa shape index (κ2) is 4.17. The first-order valence-corrected chi connectivity index (χ1v) is 5.70. The number of aromatic nitrogens is 1. The van der Waals surface area contributed by atoms with E-state index in [0.717, 1.165) is 18.9 Å². The molecule has 2 rings (SSSR count). The maximum absolute atomic E-state index is 11.4. The second-order valence-electron chi connectivity index (χ2n) is 3.58. The molecule has 4 heteroatoms. The zero-order valence-corrected chi connectivity index (χ0v) is 9.51. The maximum atomic E-state index is 11.4. The molecule has 0 saturated carbocycles.